The molecule has 0 aromatic carbocycles. The van der Waals surface area contributed by atoms with Gasteiger partial charge in [0.15, 0.2) is 0 Å². The Morgan fingerprint density at radius 1 is 1.07 bits per heavy atom. The number of Topliss-reactive ketones (excluding diaryl/α,β-unsaturated/α-hetero) is 1. The summed E-state index contributed by atoms with van der Waals surface area (Å²) in [6.45, 7) is 4.40. The molecule has 0 aliphatic rings. The maximum absolute atomic E-state index is 11.3. The summed E-state index contributed by atoms with van der Waals surface area (Å²) in [7, 11) is 0. The van der Waals surface area contributed by atoms with Gasteiger partial charge in [0.05, 0.1) is 0 Å². The fraction of sp³-hybridized carbons (Fsp3) is 0.750. The van der Waals surface area contributed by atoms with Crippen molar-refractivity contribution in [3.63, 3.8) is 0 Å². The monoisotopic (exact) mass is 197 g/mol. The van der Waals surface area contributed by atoms with E-state index in [9.17, 15) is 4.79 Å². The van der Waals surface area contributed by atoms with Crippen molar-refractivity contribution in [2.45, 2.75) is 51.4 Å². The van der Waals surface area contributed by atoms with E-state index >= 15 is 0 Å². The molecule has 0 aromatic heterocycles. The SMILES string of the molecule is C=CCCCC(=O)CCCCCCN. The van der Waals surface area contributed by atoms with Gasteiger partial charge in [0.25, 0.3) is 0 Å². The van der Waals surface area contributed by atoms with Crippen molar-refractivity contribution in [3.8, 4) is 0 Å². The lowest BCUT2D eigenvalue weighted by atomic mass is 10.1. The Bertz CT molecular complexity index is 154. The maximum Gasteiger partial charge on any atom is 0.132 e. The van der Waals surface area contributed by atoms with Crippen LogP contribution in [0.3, 0.4) is 0 Å². The molecule has 0 spiro atoms. The molecule has 0 heterocycles. The third-order valence-electron chi connectivity index (χ3n) is 2.27. The van der Waals surface area contributed by atoms with Crippen molar-refractivity contribution in [2.24, 2.45) is 5.73 Å². The number of unbranched alkanes of at least 4 members (excludes halogenated alkanes) is 4. The third-order valence-corrected chi connectivity index (χ3v) is 2.27. The third kappa shape index (κ3) is 9.46. The van der Waals surface area contributed by atoms with Gasteiger partial charge in [-0.3, -0.25) is 4.79 Å². The second-order valence-electron chi connectivity index (χ2n) is 3.67. The summed E-state index contributed by atoms with van der Waals surface area (Å²) in [6, 6.07) is 0. The molecule has 2 heteroatoms. The molecule has 2 nitrogen and oxygen atoms in total. The van der Waals surface area contributed by atoms with Crippen LogP contribution in [-0.2, 0) is 4.79 Å². The summed E-state index contributed by atoms with van der Waals surface area (Å²) in [5.41, 5.74) is 5.38. The summed E-state index contributed by atoms with van der Waals surface area (Å²) in [5.74, 6) is 0.402. The number of allylic oxidation sites excluding steroid dienone is 1. The van der Waals surface area contributed by atoms with Gasteiger partial charge in [-0.1, -0.05) is 18.9 Å². The Labute approximate surface area is 87.6 Å². The molecule has 82 valence electrons. The zero-order valence-corrected chi connectivity index (χ0v) is 9.13. The number of hydrogen-bond donors (Lipinski definition) is 1. The summed E-state index contributed by atoms with van der Waals surface area (Å²) < 4.78 is 0. The van der Waals surface area contributed by atoms with Gasteiger partial charge in [-0.25, -0.2) is 0 Å². The molecule has 0 bridgehead atoms. The molecule has 0 aromatic rings. The highest BCUT2D eigenvalue weighted by Crippen LogP contribution is 2.06. The van der Waals surface area contributed by atoms with E-state index in [4.69, 9.17) is 5.73 Å². The molecule has 0 saturated heterocycles. The van der Waals surface area contributed by atoms with Crippen molar-refractivity contribution in [1.29, 1.82) is 0 Å². The van der Waals surface area contributed by atoms with Crippen LogP contribution in [0.1, 0.15) is 51.4 Å². The molecule has 14 heavy (non-hydrogen) atoms. The molecule has 0 rings (SSSR count). The zero-order valence-electron chi connectivity index (χ0n) is 9.13. The Balaban J connectivity index is 3.14. The molecule has 0 aliphatic carbocycles. The van der Waals surface area contributed by atoms with Gasteiger partial charge in [0, 0.05) is 12.8 Å². The number of nitrogens with two attached hydrogens (primary N) is 1. The average Bonchev–Trinajstić information content (AvgIpc) is 2.18. The van der Waals surface area contributed by atoms with Crippen LogP contribution in [0.25, 0.3) is 0 Å². The second kappa shape index (κ2) is 10.5. The van der Waals surface area contributed by atoms with E-state index in [0.29, 0.717) is 5.78 Å². The minimum Gasteiger partial charge on any atom is -0.330 e. The number of hydrogen-bond acceptors (Lipinski definition) is 2. The molecule has 0 fully saturated rings. The van der Waals surface area contributed by atoms with Gasteiger partial charge in [0.2, 0.25) is 0 Å². The van der Waals surface area contributed by atoms with E-state index in [1.807, 2.05) is 6.08 Å². The summed E-state index contributed by atoms with van der Waals surface area (Å²) in [6.07, 6.45) is 9.70. The lowest BCUT2D eigenvalue weighted by Gasteiger charge is -2.00. The highest BCUT2D eigenvalue weighted by atomic mass is 16.1. The number of carbonyl (C=O) groups is 1. The van der Waals surface area contributed by atoms with Gasteiger partial charge in [-0.15, -0.1) is 6.58 Å². The smallest absolute Gasteiger partial charge is 0.132 e. The molecule has 0 saturated carbocycles. The van der Waals surface area contributed by atoms with Gasteiger partial charge < -0.3 is 5.73 Å². The average molecular weight is 197 g/mol. The Morgan fingerprint density at radius 3 is 2.36 bits per heavy atom. The van der Waals surface area contributed by atoms with Crippen LogP contribution in [0.2, 0.25) is 0 Å². The molecule has 0 atom stereocenters. The van der Waals surface area contributed by atoms with Crippen LogP contribution >= 0.6 is 0 Å². The summed E-state index contributed by atoms with van der Waals surface area (Å²) in [5, 5.41) is 0. The van der Waals surface area contributed by atoms with E-state index in [0.717, 1.165) is 57.9 Å². The van der Waals surface area contributed by atoms with Gasteiger partial charge in [-0.2, -0.15) is 0 Å². The first-order chi connectivity index (χ1) is 6.81. The topological polar surface area (TPSA) is 43.1 Å². The second-order valence-corrected chi connectivity index (χ2v) is 3.67. The largest absolute Gasteiger partial charge is 0.330 e. The van der Waals surface area contributed by atoms with Crippen LogP contribution in [-0.4, -0.2) is 12.3 Å². The lowest BCUT2D eigenvalue weighted by Crippen LogP contribution is -1.99. The van der Waals surface area contributed by atoms with E-state index in [1.54, 1.807) is 0 Å². The first kappa shape index (κ1) is 13.4. The zero-order chi connectivity index (χ0) is 10.6. The lowest BCUT2D eigenvalue weighted by molar-refractivity contribution is -0.119. The predicted octanol–water partition coefficient (Wildman–Crippen LogP) is 2.82. The highest BCUT2D eigenvalue weighted by molar-refractivity contribution is 5.78. The number of carbonyl (C=O) groups excluding carboxylic acids is 1. The Kier molecular flexibility index (Phi) is 9.98. The fourth-order valence-electron chi connectivity index (χ4n) is 1.39. The van der Waals surface area contributed by atoms with Crippen LogP contribution in [0.4, 0.5) is 0 Å². The molecular weight excluding hydrogens is 174 g/mol. The van der Waals surface area contributed by atoms with Crippen LogP contribution in [0, 0.1) is 0 Å². The normalized spacial score (nSPS) is 10.1. The Hall–Kier alpha value is -0.630. The van der Waals surface area contributed by atoms with Gasteiger partial charge in [-0.05, 0) is 32.2 Å². The number of ketones is 1. The van der Waals surface area contributed by atoms with Crippen molar-refractivity contribution in [1.82, 2.24) is 0 Å². The first-order valence-corrected chi connectivity index (χ1v) is 5.64. The fourth-order valence-corrected chi connectivity index (χ4v) is 1.39. The van der Waals surface area contributed by atoms with E-state index in [1.165, 1.54) is 0 Å². The molecule has 0 aliphatic heterocycles. The van der Waals surface area contributed by atoms with Crippen LogP contribution in [0.15, 0.2) is 12.7 Å². The molecule has 0 amide bonds. The first-order valence-electron chi connectivity index (χ1n) is 5.64. The summed E-state index contributed by atoms with van der Waals surface area (Å²) >= 11 is 0. The molecular formula is C12H23NO. The van der Waals surface area contributed by atoms with E-state index < -0.39 is 0 Å². The van der Waals surface area contributed by atoms with Crippen molar-refractivity contribution >= 4 is 5.78 Å². The van der Waals surface area contributed by atoms with E-state index in [2.05, 4.69) is 6.58 Å². The highest BCUT2D eigenvalue weighted by Gasteiger charge is 2.00. The van der Waals surface area contributed by atoms with Crippen molar-refractivity contribution in [2.75, 3.05) is 6.54 Å². The quantitative estimate of drug-likeness (QED) is 0.432. The van der Waals surface area contributed by atoms with Gasteiger partial charge >= 0.3 is 0 Å². The van der Waals surface area contributed by atoms with Crippen LogP contribution < -0.4 is 5.73 Å². The van der Waals surface area contributed by atoms with Gasteiger partial charge in [0.1, 0.15) is 5.78 Å². The van der Waals surface area contributed by atoms with Crippen molar-refractivity contribution in [3.05, 3.63) is 12.7 Å². The number of rotatable bonds is 10. The summed E-state index contributed by atoms with van der Waals surface area (Å²) in [4.78, 5) is 11.3. The minimum absolute atomic E-state index is 0.402. The molecule has 0 radical (unpaired) electrons. The maximum atomic E-state index is 11.3. The Morgan fingerprint density at radius 2 is 1.71 bits per heavy atom. The molecule has 2 N–H and O–H groups in total. The standard InChI is InChI=1S/C12H23NO/c1-2-3-6-9-12(14)10-7-4-5-8-11-13/h2H,1,3-11,13H2. The molecule has 0 unspecified atom stereocenters. The van der Waals surface area contributed by atoms with Crippen molar-refractivity contribution < 1.29 is 4.79 Å². The van der Waals surface area contributed by atoms with Crippen LogP contribution in [0.5, 0.6) is 0 Å². The predicted molar refractivity (Wildman–Crippen MR) is 61.2 cm³/mol. The minimum atomic E-state index is 0.402. The van der Waals surface area contributed by atoms with E-state index in [-0.39, 0.29) is 0 Å².